The van der Waals surface area contributed by atoms with Crippen molar-refractivity contribution in [1.29, 1.82) is 0 Å². The minimum atomic E-state index is -0.461. The number of nitrogens with one attached hydrogen (secondary N) is 3. The summed E-state index contributed by atoms with van der Waals surface area (Å²) in [5, 5.41) is 19.5. The minimum absolute atomic E-state index is 0.00428. The monoisotopic (exact) mass is 461 g/mol. The second-order valence-corrected chi connectivity index (χ2v) is 9.81. The third-order valence-electron chi connectivity index (χ3n) is 5.57. The van der Waals surface area contributed by atoms with E-state index in [-0.39, 0.29) is 42.3 Å². The van der Waals surface area contributed by atoms with Crippen molar-refractivity contribution in [3.63, 3.8) is 0 Å². The maximum atomic E-state index is 12.4. The van der Waals surface area contributed by atoms with Crippen LogP contribution in [0, 0.1) is 5.92 Å². The van der Waals surface area contributed by atoms with Gasteiger partial charge in [-0.25, -0.2) is 0 Å². The quantitative estimate of drug-likeness (QED) is 0.506. The Morgan fingerprint density at radius 1 is 1.12 bits per heavy atom. The number of rotatable bonds is 7. The molecule has 174 valence electrons. The Hall–Kier alpha value is -2.35. The summed E-state index contributed by atoms with van der Waals surface area (Å²) in [5.41, 5.74) is 0.808. The third-order valence-corrected chi connectivity index (χ3v) is 5.82. The molecule has 32 heavy (non-hydrogen) atoms. The number of carbonyl (C=O) groups excluding carboxylic acids is 2. The first-order chi connectivity index (χ1) is 15.1. The van der Waals surface area contributed by atoms with Crippen molar-refractivity contribution in [2.24, 2.45) is 5.92 Å². The van der Waals surface area contributed by atoms with Crippen LogP contribution < -0.4 is 16.0 Å². The maximum Gasteiger partial charge on any atom is 0.287 e. The number of aliphatic hydroxyl groups excluding tert-OH is 1. The van der Waals surface area contributed by atoms with Crippen LogP contribution in [-0.2, 0) is 4.79 Å². The van der Waals surface area contributed by atoms with Crippen molar-refractivity contribution in [3.8, 4) is 11.3 Å². The second-order valence-electron chi connectivity index (χ2n) is 9.37. The summed E-state index contributed by atoms with van der Waals surface area (Å²) in [4.78, 5) is 24.8. The van der Waals surface area contributed by atoms with Crippen molar-refractivity contribution < 1.29 is 19.1 Å². The SMILES string of the molecule is CC(C)(C)N[C@@H]1CC[C@H](NC(=O)CNC(=O)c2ccc(-c3ccc(Cl)cc3)o2)[C@H](CO)C1. The van der Waals surface area contributed by atoms with Crippen molar-refractivity contribution in [3.05, 3.63) is 47.2 Å². The van der Waals surface area contributed by atoms with Gasteiger partial charge in [-0.15, -0.1) is 0 Å². The van der Waals surface area contributed by atoms with Gasteiger partial charge in [0.05, 0.1) is 6.54 Å². The summed E-state index contributed by atoms with van der Waals surface area (Å²) in [5.74, 6) is -0.0895. The van der Waals surface area contributed by atoms with Gasteiger partial charge in [-0.2, -0.15) is 0 Å². The molecule has 0 unspecified atom stereocenters. The fraction of sp³-hybridized carbons (Fsp3) is 0.500. The molecule has 0 bridgehead atoms. The highest BCUT2D eigenvalue weighted by molar-refractivity contribution is 6.30. The molecule has 1 aliphatic carbocycles. The largest absolute Gasteiger partial charge is 0.451 e. The zero-order valence-electron chi connectivity index (χ0n) is 18.8. The number of benzene rings is 1. The molecule has 1 fully saturated rings. The Morgan fingerprint density at radius 2 is 1.84 bits per heavy atom. The van der Waals surface area contributed by atoms with Crippen LogP contribution in [0.1, 0.15) is 50.6 Å². The smallest absolute Gasteiger partial charge is 0.287 e. The highest BCUT2D eigenvalue weighted by atomic mass is 35.5. The van der Waals surface area contributed by atoms with Crippen LogP contribution >= 0.6 is 11.6 Å². The number of hydrogen-bond donors (Lipinski definition) is 4. The lowest BCUT2D eigenvalue weighted by atomic mass is 9.81. The highest BCUT2D eigenvalue weighted by Crippen LogP contribution is 2.26. The lowest BCUT2D eigenvalue weighted by Crippen LogP contribution is -2.53. The van der Waals surface area contributed by atoms with Gasteiger partial charge in [-0.1, -0.05) is 11.6 Å². The van der Waals surface area contributed by atoms with E-state index < -0.39 is 5.91 Å². The average Bonchev–Trinajstić information content (AvgIpc) is 3.23. The van der Waals surface area contributed by atoms with Crippen molar-refractivity contribution >= 4 is 23.4 Å². The molecule has 2 aromatic rings. The van der Waals surface area contributed by atoms with Gasteiger partial charge in [0.1, 0.15) is 5.76 Å². The van der Waals surface area contributed by atoms with E-state index in [1.807, 2.05) is 0 Å². The van der Waals surface area contributed by atoms with E-state index in [2.05, 4.69) is 36.7 Å². The van der Waals surface area contributed by atoms with Crippen LogP contribution in [-0.4, -0.2) is 47.7 Å². The molecular formula is C24H32ClN3O4. The number of hydrogen-bond acceptors (Lipinski definition) is 5. The molecule has 0 radical (unpaired) electrons. The number of aliphatic hydroxyl groups is 1. The lowest BCUT2D eigenvalue weighted by Gasteiger charge is -2.39. The number of furan rings is 1. The van der Waals surface area contributed by atoms with E-state index in [4.69, 9.17) is 16.0 Å². The Kier molecular flexibility index (Phi) is 7.98. The lowest BCUT2D eigenvalue weighted by molar-refractivity contribution is -0.121. The van der Waals surface area contributed by atoms with E-state index >= 15 is 0 Å². The zero-order chi connectivity index (χ0) is 23.3. The van der Waals surface area contributed by atoms with E-state index in [1.165, 1.54) is 0 Å². The third kappa shape index (κ3) is 6.82. The van der Waals surface area contributed by atoms with Crippen LogP contribution in [0.3, 0.4) is 0 Å². The topological polar surface area (TPSA) is 104 Å². The van der Waals surface area contributed by atoms with Gasteiger partial charge in [-0.3, -0.25) is 9.59 Å². The van der Waals surface area contributed by atoms with Gasteiger partial charge >= 0.3 is 0 Å². The van der Waals surface area contributed by atoms with Crippen LogP contribution in [0.15, 0.2) is 40.8 Å². The van der Waals surface area contributed by atoms with Crippen LogP contribution in [0.4, 0.5) is 0 Å². The highest BCUT2D eigenvalue weighted by Gasteiger charge is 2.32. The first-order valence-electron chi connectivity index (χ1n) is 11.0. The zero-order valence-corrected chi connectivity index (χ0v) is 19.5. The van der Waals surface area contributed by atoms with Crippen molar-refractivity contribution in [1.82, 2.24) is 16.0 Å². The van der Waals surface area contributed by atoms with Crippen LogP contribution in [0.2, 0.25) is 5.02 Å². The molecule has 1 saturated carbocycles. The molecule has 0 aliphatic heterocycles. The molecule has 2 amide bonds. The first kappa shape index (κ1) is 24.3. The van der Waals surface area contributed by atoms with Gasteiger partial charge in [0.25, 0.3) is 5.91 Å². The van der Waals surface area contributed by atoms with Crippen molar-refractivity contribution in [2.45, 2.75) is 57.7 Å². The summed E-state index contributed by atoms with van der Waals surface area (Å²) in [6, 6.07) is 10.6. The van der Waals surface area contributed by atoms with E-state index in [0.29, 0.717) is 16.8 Å². The number of amides is 2. The Bertz CT molecular complexity index is 920. The Labute approximate surface area is 193 Å². The predicted molar refractivity (Wildman–Crippen MR) is 125 cm³/mol. The van der Waals surface area contributed by atoms with Gasteiger partial charge in [-0.05, 0) is 76.4 Å². The van der Waals surface area contributed by atoms with E-state index in [0.717, 1.165) is 24.8 Å². The summed E-state index contributed by atoms with van der Waals surface area (Å²) < 4.78 is 5.61. The maximum absolute atomic E-state index is 12.4. The molecule has 1 heterocycles. The molecule has 1 aromatic carbocycles. The molecule has 3 rings (SSSR count). The molecule has 1 aromatic heterocycles. The number of halogens is 1. The van der Waals surface area contributed by atoms with Gasteiger partial charge < -0.3 is 25.5 Å². The fourth-order valence-electron chi connectivity index (χ4n) is 4.13. The molecule has 1 aliphatic rings. The Balaban J connectivity index is 1.48. The first-order valence-corrected chi connectivity index (χ1v) is 11.3. The van der Waals surface area contributed by atoms with E-state index in [9.17, 15) is 14.7 Å². The fourth-order valence-corrected chi connectivity index (χ4v) is 4.26. The summed E-state index contributed by atoms with van der Waals surface area (Å²) in [6.07, 6.45) is 2.50. The molecular weight excluding hydrogens is 430 g/mol. The Morgan fingerprint density at radius 3 is 2.50 bits per heavy atom. The number of carbonyl (C=O) groups is 2. The molecule has 4 N–H and O–H groups in total. The van der Waals surface area contributed by atoms with Crippen molar-refractivity contribution in [2.75, 3.05) is 13.2 Å². The average molecular weight is 462 g/mol. The second kappa shape index (κ2) is 10.5. The van der Waals surface area contributed by atoms with Crippen LogP contribution in [0.25, 0.3) is 11.3 Å². The molecule has 3 atom stereocenters. The molecule has 7 nitrogen and oxygen atoms in total. The molecule has 0 spiro atoms. The van der Waals surface area contributed by atoms with Gasteiger partial charge in [0.2, 0.25) is 5.91 Å². The van der Waals surface area contributed by atoms with E-state index in [1.54, 1.807) is 36.4 Å². The van der Waals surface area contributed by atoms with Gasteiger partial charge in [0.15, 0.2) is 5.76 Å². The minimum Gasteiger partial charge on any atom is -0.451 e. The summed E-state index contributed by atoms with van der Waals surface area (Å²) in [6.45, 7) is 6.21. The molecule has 8 heteroatoms. The van der Waals surface area contributed by atoms with Crippen LogP contribution in [0.5, 0.6) is 0 Å². The summed E-state index contributed by atoms with van der Waals surface area (Å²) in [7, 11) is 0. The summed E-state index contributed by atoms with van der Waals surface area (Å²) >= 11 is 5.90. The normalized spacial score (nSPS) is 21.2. The predicted octanol–water partition coefficient (Wildman–Crippen LogP) is 3.36. The molecule has 0 saturated heterocycles. The van der Waals surface area contributed by atoms with Gasteiger partial charge in [0, 0.05) is 40.7 Å². The standard InChI is InChI=1S/C24H32ClN3O4/c1-24(2,3)28-18-8-9-19(16(12-18)14-29)27-22(30)13-26-23(31)21-11-10-20(32-21)15-4-6-17(25)7-5-15/h4-7,10-11,16,18-19,28-29H,8-9,12-14H2,1-3H3,(H,26,31)(H,27,30)/t16-,18+,19-/m0/s1.